The number of hydrogen-bond acceptors (Lipinski definition) is 3. The topological polar surface area (TPSA) is 75.3 Å². The number of benzene rings is 2. The molecule has 1 atom stereocenters. The molecule has 1 heterocycles. The summed E-state index contributed by atoms with van der Waals surface area (Å²) >= 11 is 0. The van der Waals surface area contributed by atoms with Crippen LogP contribution >= 0.6 is 0 Å². The highest BCUT2D eigenvalue weighted by molar-refractivity contribution is 7.91. The highest BCUT2D eigenvalue weighted by Gasteiger charge is 2.31. The number of para-hydroxylation sites is 1. The number of carbonyl (C=O) groups excluding carboxylic acids is 1. The molecule has 1 aliphatic rings. The van der Waals surface area contributed by atoms with Crippen LogP contribution < -0.4 is 10.6 Å². The van der Waals surface area contributed by atoms with Gasteiger partial charge in [-0.1, -0.05) is 64.1 Å². The minimum Gasteiger partial charge on any atom is -0.331 e. The van der Waals surface area contributed by atoms with Crippen LogP contribution in [-0.4, -0.2) is 20.2 Å². The van der Waals surface area contributed by atoms with E-state index in [1.54, 1.807) is 24.3 Å². The fourth-order valence-electron chi connectivity index (χ4n) is 3.74. The molecule has 2 aromatic carbocycles. The van der Waals surface area contributed by atoms with Gasteiger partial charge in [-0.3, -0.25) is 0 Å². The molecule has 150 valence electrons. The third kappa shape index (κ3) is 4.07. The average molecular weight is 401 g/mol. The maximum Gasteiger partial charge on any atom is 0.319 e. The molecular weight excluding hydrogens is 372 g/mol. The van der Waals surface area contributed by atoms with Gasteiger partial charge in [-0.25, -0.2) is 13.2 Å². The van der Waals surface area contributed by atoms with Gasteiger partial charge in [0.05, 0.1) is 16.7 Å². The second kappa shape index (κ2) is 7.95. The molecule has 3 rings (SSSR count). The van der Waals surface area contributed by atoms with Crippen LogP contribution in [0.2, 0.25) is 0 Å². The maximum atomic E-state index is 12.8. The molecule has 0 saturated heterocycles. The zero-order chi connectivity index (χ0) is 20.5. The van der Waals surface area contributed by atoms with E-state index in [2.05, 4.69) is 38.3 Å². The van der Waals surface area contributed by atoms with Crippen molar-refractivity contribution in [3.05, 3.63) is 59.2 Å². The molecule has 1 aliphatic heterocycles. The summed E-state index contributed by atoms with van der Waals surface area (Å²) in [7, 11) is -3.28. The van der Waals surface area contributed by atoms with Crippen molar-refractivity contribution in [2.75, 3.05) is 11.1 Å². The summed E-state index contributed by atoms with van der Waals surface area (Å²) in [5, 5.41) is 6.02. The lowest BCUT2D eigenvalue weighted by molar-refractivity contribution is 0.248. The molecular formula is C22H28N2O3S. The van der Waals surface area contributed by atoms with Gasteiger partial charge >= 0.3 is 6.03 Å². The number of amides is 2. The highest BCUT2D eigenvalue weighted by atomic mass is 32.2. The third-order valence-corrected chi connectivity index (χ3v) is 7.04. The molecule has 0 radical (unpaired) electrons. The van der Waals surface area contributed by atoms with Gasteiger partial charge < -0.3 is 10.6 Å². The van der Waals surface area contributed by atoms with Crippen LogP contribution in [0, 0.1) is 0 Å². The summed E-state index contributed by atoms with van der Waals surface area (Å²) < 4.78 is 24.6. The van der Waals surface area contributed by atoms with Crippen LogP contribution in [0.15, 0.2) is 47.4 Å². The van der Waals surface area contributed by atoms with Gasteiger partial charge in [0.2, 0.25) is 0 Å². The van der Waals surface area contributed by atoms with Crippen LogP contribution in [-0.2, 0) is 9.84 Å². The van der Waals surface area contributed by atoms with Gasteiger partial charge in [0.25, 0.3) is 0 Å². The minimum absolute atomic E-state index is 0.0365. The van der Waals surface area contributed by atoms with Crippen LogP contribution in [0.4, 0.5) is 10.5 Å². The van der Waals surface area contributed by atoms with E-state index in [0.717, 1.165) is 16.8 Å². The quantitative estimate of drug-likeness (QED) is 0.760. The first kappa shape index (κ1) is 20.4. The van der Waals surface area contributed by atoms with Crippen molar-refractivity contribution in [2.45, 2.75) is 56.9 Å². The number of urea groups is 1. The van der Waals surface area contributed by atoms with E-state index in [0.29, 0.717) is 16.9 Å². The second-order valence-electron chi connectivity index (χ2n) is 7.92. The molecule has 0 bridgehead atoms. The fraction of sp³-hybridized carbons (Fsp3) is 0.409. The highest BCUT2D eigenvalue weighted by Crippen LogP contribution is 2.34. The van der Waals surface area contributed by atoms with Gasteiger partial charge in [0.15, 0.2) is 9.84 Å². The van der Waals surface area contributed by atoms with Crippen molar-refractivity contribution in [1.29, 1.82) is 0 Å². The molecule has 28 heavy (non-hydrogen) atoms. The molecule has 1 unspecified atom stereocenters. The van der Waals surface area contributed by atoms with Crippen molar-refractivity contribution in [3.63, 3.8) is 0 Å². The van der Waals surface area contributed by atoms with Gasteiger partial charge in [-0.2, -0.15) is 0 Å². The summed E-state index contributed by atoms with van der Waals surface area (Å²) in [6.45, 7) is 8.41. The van der Waals surface area contributed by atoms with Gasteiger partial charge in [-0.05, 0) is 41.0 Å². The summed E-state index contributed by atoms with van der Waals surface area (Å²) in [4.78, 5) is 13.1. The summed E-state index contributed by atoms with van der Waals surface area (Å²) in [5.74, 6) is 0.582. The largest absolute Gasteiger partial charge is 0.331 e. The molecule has 6 heteroatoms. The van der Waals surface area contributed by atoms with E-state index < -0.39 is 9.84 Å². The first-order valence-electron chi connectivity index (χ1n) is 9.72. The number of rotatable bonds is 4. The second-order valence-corrected chi connectivity index (χ2v) is 9.99. The van der Waals surface area contributed by atoms with E-state index >= 15 is 0 Å². The summed E-state index contributed by atoms with van der Waals surface area (Å²) in [6.07, 6.45) is 0.371. The van der Waals surface area contributed by atoms with Crippen LogP contribution in [0.3, 0.4) is 0 Å². The van der Waals surface area contributed by atoms with Crippen LogP contribution in [0.25, 0.3) is 0 Å². The normalized spacial score (nSPS) is 18.0. The number of sulfone groups is 1. The number of nitrogens with one attached hydrogen (secondary N) is 2. The monoisotopic (exact) mass is 400 g/mol. The zero-order valence-corrected chi connectivity index (χ0v) is 17.6. The molecule has 2 amide bonds. The molecule has 0 spiro atoms. The van der Waals surface area contributed by atoms with Crippen LogP contribution in [0.1, 0.15) is 68.7 Å². The number of carbonyl (C=O) groups is 1. The molecule has 0 fully saturated rings. The Bertz CT molecular complexity index is 955. The van der Waals surface area contributed by atoms with Gasteiger partial charge in [0, 0.05) is 5.69 Å². The molecule has 0 aliphatic carbocycles. The molecule has 0 saturated carbocycles. The van der Waals surface area contributed by atoms with E-state index in [1.165, 1.54) is 0 Å². The van der Waals surface area contributed by atoms with Crippen molar-refractivity contribution < 1.29 is 13.2 Å². The Kier molecular flexibility index (Phi) is 5.79. The number of hydrogen-bond donors (Lipinski definition) is 2. The average Bonchev–Trinajstić information content (AvgIpc) is 2.64. The maximum absolute atomic E-state index is 12.8. The molecule has 2 aromatic rings. The Hall–Kier alpha value is -2.34. The molecule has 2 N–H and O–H groups in total. The zero-order valence-electron chi connectivity index (χ0n) is 16.8. The first-order chi connectivity index (χ1) is 13.2. The van der Waals surface area contributed by atoms with Crippen molar-refractivity contribution in [3.8, 4) is 0 Å². The number of fused-ring (bicyclic) bond motifs is 1. The lowest BCUT2D eigenvalue weighted by atomic mass is 9.93. The van der Waals surface area contributed by atoms with Crippen LogP contribution in [0.5, 0.6) is 0 Å². The Morgan fingerprint density at radius 3 is 2.18 bits per heavy atom. The SMILES string of the molecule is CC(C)c1cccc(C(C)C)c1NC(=O)NC1CCS(=O)(=O)c2ccccc21. The van der Waals surface area contributed by atoms with Crippen molar-refractivity contribution in [1.82, 2.24) is 5.32 Å². The third-order valence-electron chi connectivity index (χ3n) is 5.22. The first-order valence-corrected chi connectivity index (χ1v) is 11.4. The van der Waals surface area contributed by atoms with E-state index in [4.69, 9.17) is 0 Å². The van der Waals surface area contributed by atoms with Crippen molar-refractivity contribution in [2.24, 2.45) is 0 Å². The van der Waals surface area contributed by atoms with Gasteiger partial charge in [0.1, 0.15) is 0 Å². The fourth-order valence-corrected chi connectivity index (χ4v) is 5.36. The number of anilines is 1. The Morgan fingerprint density at radius 1 is 0.964 bits per heavy atom. The summed E-state index contributed by atoms with van der Waals surface area (Å²) in [6, 6.07) is 12.4. The Morgan fingerprint density at radius 2 is 1.57 bits per heavy atom. The standard InChI is InChI=1S/C22H28N2O3S/c1-14(2)16-9-7-10-17(15(3)4)21(16)24-22(25)23-19-12-13-28(26,27)20-11-6-5-8-18(19)20/h5-11,14-15,19H,12-13H2,1-4H3,(H2,23,24,25). The predicted molar refractivity (Wildman–Crippen MR) is 113 cm³/mol. The molecule has 0 aromatic heterocycles. The van der Waals surface area contributed by atoms with E-state index in [-0.39, 0.29) is 29.7 Å². The van der Waals surface area contributed by atoms with Crippen molar-refractivity contribution >= 4 is 21.6 Å². The van der Waals surface area contributed by atoms with Gasteiger partial charge in [-0.15, -0.1) is 0 Å². The van der Waals surface area contributed by atoms with E-state index in [1.807, 2.05) is 18.2 Å². The molecule has 5 nitrogen and oxygen atoms in total. The Balaban J connectivity index is 1.86. The smallest absolute Gasteiger partial charge is 0.319 e. The predicted octanol–water partition coefficient (Wildman–Crippen LogP) is 4.97. The lowest BCUT2D eigenvalue weighted by Gasteiger charge is -2.27. The summed E-state index contributed by atoms with van der Waals surface area (Å²) in [5.41, 5.74) is 3.69. The lowest BCUT2D eigenvalue weighted by Crippen LogP contribution is -2.37. The Labute approximate surface area is 167 Å². The minimum atomic E-state index is -3.28. The van der Waals surface area contributed by atoms with E-state index in [9.17, 15) is 13.2 Å².